The summed E-state index contributed by atoms with van der Waals surface area (Å²) >= 11 is 0. The van der Waals surface area contributed by atoms with Crippen LogP contribution in [0.3, 0.4) is 0 Å². The second kappa shape index (κ2) is 5.86. The summed E-state index contributed by atoms with van der Waals surface area (Å²) < 4.78 is 10.4. The molecule has 2 atom stereocenters. The smallest absolute Gasteiger partial charge is 0.191 e. The summed E-state index contributed by atoms with van der Waals surface area (Å²) in [6, 6.07) is 8.26. The van der Waals surface area contributed by atoms with Gasteiger partial charge in [-0.05, 0) is 54.5 Å². The monoisotopic (exact) mass is 284 g/mol. The molecule has 0 saturated heterocycles. The molecule has 21 heavy (non-hydrogen) atoms. The lowest BCUT2D eigenvalue weighted by Crippen LogP contribution is -2.28. The van der Waals surface area contributed by atoms with Gasteiger partial charge in [0.1, 0.15) is 11.9 Å². The molecule has 0 bridgehead atoms. The minimum Gasteiger partial charge on any atom is -0.497 e. The van der Waals surface area contributed by atoms with Crippen LogP contribution in [0.4, 0.5) is 0 Å². The molecule has 0 fully saturated rings. The summed E-state index contributed by atoms with van der Waals surface area (Å²) in [5.74, 6) is 1.50. The van der Waals surface area contributed by atoms with Crippen LogP contribution in [0, 0.1) is 0 Å². The lowest BCUT2D eigenvalue weighted by atomic mass is 9.76. The molecule has 0 amide bonds. The van der Waals surface area contributed by atoms with E-state index in [4.69, 9.17) is 9.47 Å². The first-order valence-electron chi connectivity index (χ1n) is 7.34. The minimum atomic E-state index is -0.388. The topological polar surface area (TPSA) is 35.5 Å². The highest BCUT2D eigenvalue weighted by Gasteiger charge is 2.30. The third-order valence-corrected chi connectivity index (χ3v) is 4.47. The Morgan fingerprint density at radius 1 is 1.14 bits per heavy atom. The van der Waals surface area contributed by atoms with E-state index in [-0.39, 0.29) is 11.9 Å². The number of carbonyl (C=O) groups excluding carboxylic acids is 1. The van der Waals surface area contributed by atoms with Crippen molar-refractivity contribution in [3.63, 3.8) is 0 Å². The van der Waals surface area contributed by atoms with Gasteiger partial charge in [0.05, 0.1) is 7.11 Å². The van der Waals surface area contributed by atoms with Crippen molar-refractivity contribution in [3.8, 4) is 5.75 Å². The van der Waals surface area contributed by atoms with Crippen LogP contribution in [-0.4, -0.2) is 26.1 Å². The van der Waals surface area contributed by atoms with Crippen molar-refractivity contribution in [2.75, 3.05) is 14.2 Å². The van der Waals surface area contributed by atoms with Crippen LogP contribution in [0.5, 0.6) is 5.75 Å². The molecule has 3 nitrogen and oxygen atoms in total. The first-order chi connectivity index (χ1) is 10.2. The number of Topliss-reactive ketones (excluding diaryl/α,β-unsaturated/α-hetero) is 1. The highest BCUT2D eigenvalue weighted by atomic mass is 16.5. The normalized spacial score (nSPS) is 25.0. The van der Waals surface area contributed by atoms with E-state index in [0.717, 1.165) is 30.6 Å². The summed E-state index contributed by atoms with van der Waals surface area (Å²) in [4.78, 5) is 12.3. The molecule has 2 aliphatic carbocycles. The van der Waals surface area contributed by atoms with Gasteiger partial charge in [-0.25, -0.2) is 0 Å². The molecule has 0 saturated carbocycles. The lowest BCUT2D eigenvalue weighted by Gasteiger charge is -2.29. The maximum absolute atomic E-state index is 12.3. The van der Waals surface area contributed by atoms with Gasteiger partial charge in [0.2, 0.25) is 0 Å². The maximum atomic E-state index is 12.3. The van der Waals surface area contributed by atoms with Crippen molar-refractivity contribution in [2.24, 2.45) is 0 Å². The van der Waals surface area contributed by atoms with Crippen molar-refractivity contribution in [2.45, 2.75) is 31.3 Å². The number of hydrogen-bond acceptors (Lipinski definition) is 3. The van der Waals surface area contributed by atoms with Crippen LogP contribution in [0.25, 0.3) is 0 Å². The molecule has 0 aliphatic heterocycles. The van der Waals surface area contributed by atoms with Gasteiger partial charge in [0.15, 0.2) is 5.78 Å². The van der Waals surface area contributed by atoms with Gasteiger partial charge < -0.3 is 9.47 Å². The van der Waals surface area contributed by atoms with Crippen molar-refractivity contribution in [3.05, 3.63) is 53.1 Å². The zero-order valence-electron chi connectivity index (χ0n) is 12.5. The van der Waals surface area contributed by atoms with Gasteiger partial charge in [-0.3, -0.25) is 4.79 Å². The molecule has 2 unspecified atom stereocenters. The number of hydrogen-bond donors (Lipinski definition) is 0. The number of allylic oxidation sites excluding steroid dienone is 2. The van der Waals surface area contributed by atoms with E-state index in [1.54, 1.807) is 14.2 Å². The average molecular weight is 284 g/mol. The minimum absolute atomic E-state index is 0.142. The Morgan fingerprint density at radius 3 is 2.57 bits per heavy atom. The summed E-state index contributed by atoms with van der Waals surface area (Å²) in [5, 5.41) is 0. The summed E-state index contributed by atoms with van der Waals surface area (Å²) in [7, 11) is 3.26. The molecule has 3 rings (SSSR count). The van der Waals surface area contributed by atoms with E-state index in [1.807, 2.05) is 18.2 Å². The molecule has 0 heterocycles. The van der Waals surface area contributed by atoms with Crippen molar-refractivity contribution >= 4 is 5.78 Å². The Bertz CT molecular complexity index is 595. The maximum Gasteiger partial charge on any atom is 0.191 e. The first-order valence-corrected chi connectivity index (χ1v) is 7.34. The van der Waals surface area contributed by atoms with E-state index >= 15 is 0 Å². The molecule has 110 valence electrons. The lowest BCUT2D eigenvalue weighted by molar-refractivity contribution is -0.123. The van der Waals surface area contributed by atoms with Gasteiger partial charge in [-0.1, -0.05) is 18.2 Å². The standard InChI is InChI=1S/C18H20O3/c1-20-15-7-3-12(4-8-15)13-5-9-16-14(11-13)6-10-17(21-2)18(16)19/h3-4,6-8,10,13,17H,5,9,11H2,1-2H3. The largest absolute Gasteiger partial charge is 0.497 e. The van der Waals surface area contributed by atoms with Crippen LogP contribution < -0.4 is 4.74 Å². The second-order valence-electron chi connectivity index (χ2n) is 5.60. The van der Waals surface area contributed by atoms with Gasteiger partial charge in [-0.15, -0.1) is 0 Å². The molecule has 0 radical (unpaired) electrons. The zero-order valence-corrected chi connectivity index (χ0v) is 12.5. The Balaban J connectivity index is 1.79. The zero-order chi connectivity index (χ0) is 14.8. The molecular weight excluding hydrogens is 264 g/mol. The van der Waals surface area contributed by atoms with E-state index in [0.29, 0.717) is 5.92 Å². The summed E-state index contributed by atoms with van der Waals surface area (Å²) in [6.07, 6.45) is 6.34. The molecule has 2 aliphatic rings. The van der Waals surface area contributed by atoms with Crippen molar-refractivity contribution < 1.29 is 14.3 Å². The Labute approximate surface area is 125 Å². The first kappa shape index (κ1) is 14.1. The van der Waals surface area contributed by atoms with Crippen molar-refractivity contribution in [1.29, 1.82) is 0 Å². The van der Waals surface area contributed by atoms with Gasteiger partial charge in [0.25, 0.3) is 0 Å². The van der Waals surface area contributed by atoms with Crippen LogP contribution in [0.2, 0.25) is 0 Å². The molecule has 1 aromatic rings. The van der Waals surface area contributed by atoms with Crippen molar-refractivity contribution in [1.82, 2.24) is 0 Å². The number of benzene rings is 1. The highest BCUT2D eigenvalue weighted by molar-refractivity contribution is 6.02. The molecule has 3 heteroatoms. The number of ketones is 1. The fourth-order valence-corrected chi connectivity index (χ4v) is 3.23. The Hall–Kier alpha value is -1.87. The number of rotatable bonds is 3. The van der Waals surface area contributed by atoms with E-state index in [2.05, 4.69) is 18.2 Å². The fourth-order valence-electron chi connectivity index (χ4n) is 3.23. The molecule has 0 N–H and O–H groups in total. The SMILES string of the molecule is COc1ccc(C2CCC3=C(C=CC(OC)C3=O)C2)cc1. The third-order valence-electron chi connectivity index (χ3n) is 4.47. The summed E-state index contributed by atoms with van der Waals surface area (Å²) in [5.41, 5.74) is 3.46. The molecule has 1 aromatic carbocycles. The second-order valence-corrected chi connectivity index (χ2v) is 5.60. The summed E-state index contributed by atoms with van der Waals surface area (Å²) in [6.45, 7) is 0. The predicted octanol–water partition coefficient (Wildman–Crippen LogP) is 3.41. The predicted molar refractivity (Wildman–Crippen MR) is 81.6 cm³/mol. The van der Waals surface area contributed by atoms with Gasteiger partial charge in [-0.2, -0.15) is 0 Å². The Morgan fingerprint density at radius 2 is 1.90 bits per heavy atom. The van der Waals surface area contributed by atoms with E-state index in [9.17, 15) is 4.79 Å². The molecule has 0 aromatic heterocycles. The van der Waals surface area contributed by atoms with E-state index < -0.39 is 0 Å². The number of methoxy groups -OCH3 is 2. The van der Waals surface area contributed by atoms with Crippen LogP contribution in [0.15, 0.2) is 47.6 Å². The Kier molecular flexibility index (Phi) is 3.93. The number of carbonyl (C=O) groups is 1. The average Bonchev–Trinajstić information content (AvgIpc) is 2.55. The van der Waals surface area contributed by atoms with Gasteiger partial charge in [0, 0.05) is 12.7 Å². The fraction of sp³-hybridized carbons (Fsp3) is 0.389. The van der Waals surface area contributed by atoms with Crippen LogP contribution >= 0.6 is 0 Å². The number of ether oxygens (including phenoxy) is 2. The molecule has 0 spiro atoms. The molecular formula is C18H20O3. The van der Waals surface area contributed by atoms with Crippen LogP contribution in [0.1, 0.15) is 30.7 Å². The quantitative estimate of drug-likeness (QED) is 0.853. The van der Waals surface area contributed by atoms with Gasteiger partial charge >= 0.3 is 0 Å². The third kappa shape index (κ3) is 2.66. The highest BCUT2D eigenvalue weighted by Crippen LogP contribution is 2.39. The van der Waals surface area contributed by atoms with Crippen LogP contribution in [-0.2, 0) is 9.53 Å². The van der Waals surface area contributed by atoms with E-state index in [1.165, 1.54) is 11.1 Å².